The number of benzene rings is 1. The first-order valence-electron chi connectivity index (χ1n) is 6.56. The van der Waals surface area contributed by atoms with E-state index in [-0.39, 0.29) is 41.0 Å². The molecule has 1 aromatic carbocycles. The van der Waals surface area contributed by atoms with Crippen LogP contribution in [0.3, 0.4) is 0 Å². The number of aromatic hydroxyl groups is 1. The molecule has 1 saturated heterocycles. The van der Waals surface area contributed by atoms with E-state index < -0.39 is 27.1 Å². The molecule has 0 radical (unpaired) electrons. The van der Waals surface area contributed by atoms with E-state index in [1.165, 1.54) is 18.2 Å². The topological polar surface area (TPSA) is 109 Å². The summed E-state index contributed by atoms with van der Waals surface area (Å²) >= 11 is 0. The summed E-state index contributed by atoms with van der Waals surface area (Å²) in [5.41, 5.74) is -1.03. The maximum absolute atomic E-state index is 12.4. The minimum atomic E-state index is -3.07. The van der Waals surface area contributed by atoms with Crippen LogP contribution in [0, 0.1) is 0 Å². The van der Waals surface area contributed by atoms with Gasteiger partial charge in [-0.3, -0.25) is 9.36 Å². The minimum Gasteiger partial charge on any atom is -0.506 e. The molecule has 21 heavy (non-hydrogen) atoms. The molecule has 0 bridgehead atoms. The predicted octanol–water partition coefficient (Wildman–Crippen LogP) is 0.145. The second-order valence-electron chi connectivity index (χ2n) is 5.19. The lowest BCUT2D eigenvalue weighted by Crippen LogP contribution is -2.41. The molecule has 2 heterocycles. The monoisotopic (exact) mass is 310 g/mol. The maximum atomic E-state index is 12.4. The number of para-hydroxylation sites is 1. The van der Waals surface area contributed by atoms with Crippen molar-refractivity contribution in [1.82, 2.24) is 9.55 Å². The molecule has 7 nitrogen and oxygen atoms in total. The summed E-state index contributed by atoms with van der Waals surface area (Å²) in [6, 6.07) is 3.99. The Hall–Kier alpha value is -2.09. The van der Waals surface area contributed by atoms with Crippen LogP contribution in [0.4, 0.5) is 0 Å². The Morgan fingerprint density at radius 2 is 1.86 bits per heavy atom. The van der Waals surface area contributed by atoms with Crippen molar-refractivity contribution in [2.45, 2.75) is 18.9 Å². The van der Waals surface area contributed by atoms with Gasteiger partial charge in [0.15, 0.2) is 0 Å². The molecule has 2 aromatic rings. The number of H-pyrrole nitrogens is 1. The second kappa shape index (κ2) is 4.73. The van der Waals surface area contributed by atoms with Gasteiger partial charge in [0, 0.05) is 6.04 Å². The average Bonchev–Trinajstić information content (AvgIpc) is 2.42. The van der Waals surface area contributed by atoms with E-state index >= 15 is 0 Å². The minimum absolute atomic E-state index is 0.0262. The quantitative estimate of drug-likeness (QED) is 0.779. The number of nitrogens with one attached hydrogen (secondary N) is 1. The normalized spacial score (nSPS) is 18.9. The third-order valence-corrected chi connectivity index (χ3v) is 5.55. The number of fused-ring (bicyclic) bond motifs is 1. The van der Waals surface area contributed by atoms with Crippen LogP contribution in [-0.4, -0.2) is 34.6 Å². The van der Waals surface area contributed by atoms with Gasteiger partial charge in [-0.05, 0) is 25.0 Å². The summed E-state index contributed by atoms with van der Waals surface area (Å²) in [7, 11) is -3.07. The fraction of sp³-hybridized carbons (Fsp3) is 0.385. The van der Waals surface area contributed by atoms with Crippen LogP contribution in [0.25, 0.3) is 10.9 Å². The molecule has 1 aromatic heterocycles. The molecular formula is C13H14N2O5S. The first-order valence-corrected chi connectivity index (χ1v) is 8.38. The number of nitrogens with zero attached hydrogens (tertiary/aromatic N) is 1. The molecule has 1 aliphatic rings. The largest absolute Gasteiger partial charge is 0.506 e. The number of aromatic amines is 1. The molecule has 1 fully saturated rings. The molecule has 0 aliphatic carbocycles. The molecule has 0 atom stereocenters. The van der Waals surface area contributed by atoms with Gasteiger partial charge in [0.25, 0.3) is 5.56 Å². The van der Waals surface area contributed by atoms with Gasteiger partial charge in [0.05, 0.1) is 22.4 Å². The van der Waals surface area contributed by atoms with Crippen molar-refractivity contribution in [1.29, 1.82) is 0 Å². The summed E-state index contributed by atoms with van der Waals surface area (Å²) in [4.78, 5) is 27.1. The molecule has 0 amide bonds. The van der Waals surface area contributed by atoms with E-state index in [9.17, 15) is 23.1 Å². The van der Waals surface area contributed by atoms with Gasteiger partial charge in [-0.25, -0.2) is 13.2 Å². The molecular weight excluding hydrogens is 296 g/mol. The SMILES string of the molecule is O=c1[nH]c2c(O)cccc2c(=O)n1C1CCS(=O)(=O)CC1. The lowest BCUT2D eigenvalue weighted by atomic mass is 10.1. The van der Waals surface area contributed by atoms with Crippen molar-refractivity contribution in [3.05, 3.63) is 39.0 Å². The van der Waals surface area contributed by atoms with E-state index in [0.717, 1.165) is 4.57 Å². The van der Waals surface area contributed by atoms with Crippen LogP contribution in [0.2, 0.25) is 0 Å². The van der Waals surface area contributed by atoms with Crippen molar-refractivity contribution in [3.8, 4) is 5.75 Å². The van der Waals surface area contributed by atoms with Crippen molar-refractivity contribution in [3.63, 3.8) is 0 Å². The number of aromatic nitrogens is 2. The highest BCUT2D eigenvalue weighted by atomic mass is 32.2. The van der Waals surface area contributed by atoms with Crippen LogP contribution in [-0.2, 0) is 9.84 Å². The fourth-order valence-electron chi connectivity index (χ4n) is 2.71. The van der Waals surface area contributed by atoms with E-state index in [1.54, 1.807) is 0 Å². The highest BCUT2D eigenvalue weighted by Gasteiger charge is 2.27. The molecule has 112 valence electrons. The van der Waals surface area contributed by atoms with Gasteiger partial charge in [-0.2, -0.15) is 0 Å². The van der Waals surface area contributed by atoms with E-state index in [1.807, 2.05) is 0 Å². The predicted molar refractivity (Wildman–Crippen MR) is 77.4 cm³/mol. The molecule has 3 rings (SSSR count). The smallest absolute Gasteiger partial charge is 0.329 e. The van der Waals surface area contributed by atoms with Crippen LogP contribution in [0.1, 0.15) is 18.9 Å². The third-order valence-electron chi connectivity index (χ3n) is 3.83. The van der Waals surface area contributed by atoms with E-state index in [2.05, 4.69) is 4.98 Å². The van der Waals surface area contributed by atoms with Gasteiger partial charge in [-0.15, -0.1) is 0 Å². The zero-order chi connectivity index (χ0) is 15.2. The Balaban J connectivity index is 2.16. The summed E-state index contributed by atoms with van der Waals surface area (Å²) in [5, 5.41) is 9.90. The van der Waals surface area contributed by atoms with Crippen molar-refractivity contribution in [2.24, 2.45) is 0 Å². The van der Waals surface area contributed by atoms with Crippen LogP contribution in [0.5, 0.6) is 5.75 Å². The molecule has 2 N–H and O–H groups in total. The summed E-state index contributed by atoms with van der Waals surface area (Å²) < 4.78 is 24.0. The first kappa shape index (κ1) is 13.9. The first-order chi connectivity index (χ1) is 9.89. The van der Waals surface area contributed by atoms with Gasteiger partial charge in [-0.1, -0.05) is 6.07 Å². The van der Waals surface area contributed by atoms with Gasteiger partial charge in [0.2, 0.25) is 0 Å². The van der Waals surface area contributed by atoms with Crippen molar-refractivity contribution in [2.75, 3.05) is 11.5 Å². The van der Waals surface area contributed by atoms with Crippen LogP contribution in [0.15, 0.2) is 27.8 Å². The molecule has 0 saturated carbocycles. The number of hydrogen-bond acceptors (Lipinski definition) is 5. The van der Waals surface area contributed by atoms with Crippen molar-refractivity contribution >= 4 is 20.7 Å². The van der Waals surface area contributed by atoms with Gasteiger partial charge < -0.3 is 10.1 Å². The number of phenolic OH excluding ortho intramolecular Hbond substituents is 1. The molecule has 0 spiro atoms. The standard InChI is InChI=1S/C13H14N2O5S/c16-10-3-1-2-9-11(10)14-13(18)15(12(9)17)8-4-6-21(19,20)7-5-8/h1-3,8,16H,4-7H2,(H,14,18). The van der Waals surface area contributed by atoms with Crippen LogP contribution >= 0.6 is 0 Å². The summed E-state index contributed by atoms with van der Waals surface area (Å²) in [6.45, 7) is 0. The van der Waals surface area contributed by atoms with Gasteiger partial charge in [0.1, 0.15) is 15.6 Å². The average molecular weight is 310 g/mol. The Morgan fingerprint density at radius 1 is 1.19 bits per heavy atom. The van der Waals surface area contributed by atoms with E-state index in [4.69, 9.17) is 0 Å². The van der Waals surface area contributed by atoms with Gasteiger partial charge >= 0.3 is 5.69 Å². The molecule has 1 aliphatic heterocycles. The lowest BCUT2D eigenvalue weighted by Gasteiger charge is -2.23. The highest BCUT2D eigenvalue weighted by Crippen LogP contribution is 2.23. The van der Waals surface area contributed by atoms with Crippen LogP contribution < -0.4 is 11.2 Å². The Bertz CT molecular complexity index is 912. The summed E-state index contributed by atoms with van der Waals surface area (Å²) in [5.74, 6) is -0.219. The number of rotatable bonds is 1. The zero-order valence-electron chi connectivity index (χ0n) is 11.1. The van der Waals surface area contributed by atoms with Crippen molar-refractivity contribution < 1.29 is 13.5 Å². The summed E-state index contributed by atoms with van der Waals surface area (Å²) in [6.07, 6.45) is 0.491. The fourth-order valence-corrected chi connectivity index (χ4v) is 4.17. The highest BCUT2D eigenvalue weighted by molar-refractivity contribution is 7.91. The third kappa shape index (κ3) is 2.35. The number of phenols is 1. The van der Waals surface area contributed by atoms with E-state index in [0.29, 0.717) is 0 Å². The Morgan fingerprint density at radius 3 is 2.52 bits per heavy atom. The molecule has 8 heteroatoms. The lowest BCUT2D eigenvalue weighted by molar-refractivity contribution is 0.425. The number of hydrogen-bond donors (Lipinski definition) is 2. The Labute approximate surface area is 119 Å². The number of sulfone groups is 1. The Kier molecular flexibility index (Phi) is 3.12. The molecule has 0 unspecified atom stereocenters. The zero-order valence-corrected chi connectivity index (χ0v) is 11.9. The second-order valence-corrected chi connectivity index (χ2v) is 7.49. The maximum Gasteiger partial charge on any atom is 0.329 e.